The number of hydrogen-bond acceptors (Lipinski definition) is 2. The Balaban J connectivity index is 1.99. The van der Waals surface area contributed by atoms with Crippen LogP contribution in [0.3, 0.4) is 0 Å². The molecule has 2 atom stereocenters. The molecule has 1 aliphatic rings. The van der Waals surface area contributed by atoms with Crippen molar-refractivity contribution in [3.8, 4) is 11.8 Å². The van der Waals surface area contributed by atoms with Crippen LogP contribution in [0.5, 0.6) is 0 Å². The molecule has 2 aromatic carbocycles. The molecular formula is C23H26O2. The third-order valence-corrected chi connectivity index (χ3v) is 4.64. The van der Waals surface area contributed by atoms with Crippen LogP contribution in [0.2, 0.25) is 0 Å². The summed E-state index contributed by atoms with van der Waals surface area (Å²) >= 11 is 0. The molecule has 0 radical (unpaired) electrons. The van der Waals surface area contributed by atoms with Gasteiger partial charge in [-0.3, -0.25) is 0 Å². The zero-order valence-electron chi connectivity index (χ0n) is 14.9. The molecule has 130 valence electrons. The number of hydrogen-bond donors (Lipinski definition) is 1. The van der Waals surface area contributed by atoms with E-state index in [4.69, 9.17) is 4.74 Å². The van der Waals surface area contributed by atoms with Gasteiger partial charge < -0.3 is 9.84 Å². The molecule has 0 saturated carbocycles. The first kappa shape index (κ1) is 17.7. The van der Waals surface area contributed by atoms with Crippen molar-refractivity contribution >= 4 is 10.8 Å². The number of unbranched alkanes of at least 4 members (excludes halogenated alkanes) is 3. The Morgan fingerprint density at radius 1 is 1.16 bits per heavy atom. The Bertz CT molecular complexity index is 795. The second kappa shape index (κ2) is 8.85. The van der Waals surface area contributed by atoms with Crippen molar-refractivity contribution < 1.29 is 9.84 Å². The molecule has 2 nitrogen and oxygen atoms in total. The molecular weight excluding hydrogens is 308 g/mol. The van der Waals surface area contributed by atoms with E-state index in [1.165, 1.54) is 23.6 Å². The summed E-state index contributed by atoms with van der Waals surface area (Å²) in [5.41, 5.74) is 2.15. The van der Waals surface area contributed by atoms with Gasteiger partial charge in [-0.05, 0) is 29.7 Å². The van der Waals surface area contributed by atoms with Gasteiger partial charge in [0.15, 0.2) is 0 Å². The minimum atomic E-state index is -0.156. The van der Waals surface area contributed by atoms with Crippen LogP contribution >= 0.6 is 0 Å². The molecule has 3 rings (SSSR count). The van der Waals surface area contributed by atoms with E-state index in [9.17, 15) is 5.11 Å². The SMILES string of the molecule is CCCCCC#Cc1ccc2ccccc2c1C1C=CCC(CO)O1. The fourth-order valence-electron chi connectivity index (χ4n) is 3.28. The maximum absolute atomic E-state index is 9.48. The molecule has 1 heterocycles. The molecule has 1 aliphatic heterocycles. The third kappa shape index (κ3) is 4.31. The van der Waals surface area contributed by atoms with Crippen LogP contribution in [0, 0.1) is 11.8 Å². The summed E-state index contributed by atoms with van der Waals surface area (Å²) < 4.78 is 6.11. The molecule has 2 heteroatoms. The highest BCUT2D eigenvalue weighted by molar-refractivity contribution is 5.88. The van der Waals surface area contributed by atoms with Crippen LogP contribution in [0.15, 0.2) is 48.6 Å². The Morgan fingerprint density at radius 3 is 2.88 bits per heavy atom. The minimum Gasteiger partial charge on any atom is -0.394 e. The number of ether oxygens (including phenoxy) is 1. The molecule has 0 aliphatic carbocycles. The molecule has 0 amide bonds. The number of aliphatic hydroxyl groups is 1. The van der Waals surface area contributed by atoms with Gasteiger partial charge in [0, 0.05) is 17.5 Å². The van der Waals surface area contributed by atoms with Gasteiger partial charge >= 0.3 is 0 Å². The smallest absolute Gasteiger partial charge is 0.103 e. The van der Waals surface area contributed by atoms with Crippen molar-refractivity contribution in [1.82, 2.24) is 0 Å². The topological polar surface area (TPSA) is 29.5 Å². The highest BCUT2D eigenvalue weighted by Gasteiger charge is 2.22. The van der Waals surface area contributed by atoms with Crippen molar-refractivity contribution in [2.75, 3.05) is 6.61 Å². The molecule has 0 bridgehead atoms. The van der Waals surface area contributed by atoms with E-state index in [0.717, 1.165) is 30.4 Å². The third-order valence-electron chi connectivity index (χ3n) is 4.64. The highest BCUT2D eigenvalue weighted by atomic mass is 16.5. The second-order valence-electron chi connectivity index (χ2n) is 6.53. The average Bonchev–Trinajstić information content (AvgIpc) is 2.67. The van der Waals surface area contributed by atoms with E-state index in [2.05, 4.69) is 67.3 Å². The van der Waals surface area contributed by atoms with Crippen molar-refractivity contribution in [2.24, 2.45) is 0 Å². The number of aliphatic hydroxyl groups excluding tert-OH is 1. The largest absolute Gasteiger partial charge is 0.394 e. The van der Waals surface area contributed by atoms with Gasteiger partial charge in [-0.15, -0.1) is 0 Å². The summed E-state index contributed by atoms with van der Waals surface area (Å²) in [6.45, 7) is 2.25. The first-order valence-electron chi connectivity index (χ1n) is 9.27. The van der Waals surface area contributed by atoms with Gasteiger partial charge in [-0.1, -0.05) is 74.1 Å². The van der Waals surface area contributed by atoms with Crippen molar-refractivity contribution in [3.05, 3.63) is 59.7 Å². The fourth-order valence-corrected chi connectivity index (χ4v) is 3.28. The molecule has 0 spiro atoms. The summed E-state index contributed by atoms with van der Waals surface area (Å²) in [7, 11) is 0. The van der Waals surface area contributed by atoms with Crippen LogP contribution in [0.25, 0.3) is 10.8 Å². The van der Waals surface area contributed by atoms with Crippen molar-refractivity contribution in [1.29, 1.82) is 0 Å². The van der Waals surface area contributed by atoms with Crippen LogP contribution in [0.1, 0.15) is 56.3 Å². The summed E-state index contributed by atoms with van der Waals surface area (Å²) in [6, 6.07) is 12.6. The Kier molecular flexibility index (Phi) is 6.28. The molecule has 1 N–H and O–H groups in total. The summed E-state index contributed by atoms with van der Waals surface area (Å²) in [4.78, 5) is 0. The molecule has 25 heavy (non-hydrogen) atoms. The highest BCUT2D eigenvalue weighted by Crippen LogP contribution is 2.34. The number of rotatable bonds is 5. The zero-order chi connectivity index (χ0) is 17.5. The van der Waals surface area contributed by atoms with E-state index < -0.39 is 0 Å². The summed E-state index contributed by atoms with van der Waals surface area (Å²) in [5, 5.41) is 11.8. The minimum absolute atomic E-state index is 0.0453. The lowest BCUT2D eigenvalue weighted by Gasteiger charge is -2.26. The molecule has 2 unspecified atom stereocenters. The van der Waals surface area contributed by atoms with E-state index >= 15 is 0 Å². The molecule has 0 saturated heterocycles. The molecule has 2 aromatic rings. The summed E-state index contributed by atoms with van der Waals surface area (Å²) in [6.07, 6.45) is 9.19. The van der Waals surface area contributed by atoms with Gasteiger partial charge in [-0.2, -0.15) is 0 Å². The van der Waals surface area contributed by atoms with Gasteiger partial charge in [0.25, 0.3) is 0 Å². The Labute approximate surface area is 150 Å². The Hall–Kier alpha value is -2.08. The van der Waals surface area contributed by atoms with Crippen molar-refractivity contribution in [2.45, 2.75) is 51.2 Å². The van der Waals surface area contributed by atoms with Gasteiger partial charge in [-0.25, -0.2) is 0 Å². The van der Waals surface area contributed by atoms with Crippen LogP contribution in [-0.4, -0.2) is 17.8 Å². The fraction of sp³-hybridized carbons (Fsp3) is 0.391. The predicted octanol–water partition coefficient (Wildman–Crippen LogP) is 5.15. The lowest BCUT2D eigenvalue weighted by Crippen LogP contribution is -2.23. The molecule has 0 aromatic heterocycles. The van der Waals surface area contributed by atoms with Crippen LogP contribution in [0.4, 0.5) is 0 Å². The van der Waals surface area contributed by atoms with E-state index in [-0.39, 0.29) is 18.8 Å². The first-order chi connectivity index (χ1) is 12.3. The van der Waals surface area contributed by atoms with E-state index in [0.29, 0.717) is 0 Å². The normalized spacial score (nSPS) is 19.6. The lowest BCUT2D eigenvalue weighted by atomic mass is 9.93. The second-order valence-corrected chi connectivity index (χ2v) is 6.53. The predicted molar refractivity (Wildman–Crippen MR) is 103 cm³/mol. The summed E-state index contributed by atoms with van der Waals surface area (Å²) in [5.74, 6) is 6.69. The van der Waals surface area contributed by atoms with Gasteiger partial charge in [0.1, 0.15) is 6.10 Å². The monoisotopic (exact) mass is 334 g/mol. The van der Waals surface area contributed by atoms with E-state index in [1.807, 2.05) is 0 Å². The van der Waals surface area contributed by atoms with Crippen molar-refractivity contribution in [3.63, 3.8) is 0 Å². The maximum atomic E-state index is 9.48. The number of benzene rings is 2. The van der Waals surface area contributed by atoms with Gasteiger partial charge in [0.2, 0.25) is 0 Å². The first-order valence-corrected chi connectivity index (χ1v) is 9.27. The lowest BCUT2D eigenvalue weighted by molar-refractivity contribution is -0.0250. The number of fused-ring (bicyclic) bond motifs is 1. The van der Waals surface area contributed by atoms with Crippen LogP contribution in [-0.2, 0) is 4.74 Å². The molecule has 0 fully saturated rings. The maximum Gasteiger partial charge on any atom is 0.103 e. The quantitative estimate of drug-likeness (QED) is 0.465. The van der Waals surface area contributed by atoms with Gasteiger partial charge in [0.05, 0.1) is 12.7 Å². The Morgan fingerprint density at radius 2 is 2.04 bits per heavy atom. The van der Waals surface area contributed by atoms with E-state index in [1.54, 1.807) is 0 Å². The zero-order valence-corrected chi connectivity index (χ0v) is 14.9. The van der Waals surface area contributed by atoms with Crippen LogP contribution < -0.4 is 0 Å². The standard InChI is InChI=1S/C23H26O2/c1-2-3-4-5-6-11-19-16-15-18-10-7-8-13-21(18)23(19)22-14-9-12-20(17-24)25-22/h7-10,13-16,20,22,24H,2-5,12,17H2,1H3. The average molecular weight is 334 g/mol.